The molecule has 27 heavy (non-hydrogen) atoms. The lowest BCUT2D eigenvalue weighted by atomic mass is 10.2. The summed E-state index contributed by atoms with van der Waals surface area (Å²) in [6, 6.07) is 8.86. The molecule has 2 heterocycles. The predicted molar refractivity (Wildman–Crippen MR) is 110 cm³/mol. The lowest BCUT2D eigenvalue weighted by Gasteiger charge is -2.05. The van der Waals surface area contributed by atoms with Gasteiger partial charge < -0.3 is 15.2 Å². The van der Waals surface area contributed by atoms with Crippen molar-refractivity contribution >= 4 is 44.9 Å². The van der Waals surface area contributed by atoms with Gasteiger partial charge >= 0.3 is 0 Å². The molecule has 0 aliphatic heterocycles. The number of benzene rings is 1. The summed E-state index contributed by atoms with van der Waals surface area (Å²) in [6.45, 7) is 3.77. The number of aromatic nitrogens is 1. The number of hydrogen-bond donors (Lipinski definition) is 3. The molecule has 9 heteroatoms. The standard InChI is InChI=1S/C18H18N4O3S2/c1-3-25-14-9-12(6-7-13(14)24)10-19-22-18-21-16(15-5-4-8-26-15)17(27-18)20-11(2)23/h4-10,24H,3H2,1-2H3,(H,20,23)(H,21,22)/b19-10+. The molecule has 0 spiro atoms. The predicted octanol–water partition coefficient (Wildman–Crippen LogP) is 4.38. The van der Waals surface area contributed by atoms with Crippen LogP contribution in [0.3, 0.4) is 0 Å². The van der Waals surface area contributed by atoms with Crippen LogP contribution in [0.4, 0.5) is 10.1 Å². The van der Waals surface area contributed by atoms with Crippen molar-refractivity contribution in [2.24, 2.45) is 5.10 Å². The second-order valence-corrected chi connectivity index (χ2v) is 7.33. The lowest BCUT2D eigenvalue weighted by molar-refractivity contribution is -0.114. The van der Waals surface area contributed by atoms with Gasteiger partial charge in [-0.1, -0.05) is 17.4 Å². The van der Waals surface area contributed by atoms with E-state index in [9.17, 15) is 9.90 Å². The number of nitrogens with zero attached hydrogens (tertiary/aromatic N) is 2. The van der Waals surface area contributed by atoms with E-state index in [0.29, 0.717) is 28.2 Å². The van der Waals surface area contributed by atoms with Gasteiger partial charge in [-0.25, -0.2) is 4.98 Å². The summed E-state index contributed by atoms with van der Waals surface area (Å²) in [4.78, 5) is 16.9. The third kappa shape index (κ3) is 4.83. The second kappa shape index (κ2) is 8.65. The number of thiazole rings is 1. The van der Waals surface area contributed by atoms with Crippen LogP contribution in [-0.4, -0.2) is 28.8 Å². The van der Waals surface area contributed by atoms with E-state index >= 15 is 0 Å². The van der Waals surface area contributed by atoms with Crippen molar-refractivity contribution in [1.29, 1.82) is 0 Å². The van der Waals surface area contributed by atoms with E-state index in [4.69, 9.17) is 4.74 Å². The van der Waals surface area contributed by atoms with Crippen LogP contribution in [0.2, 0.25) is 0 Å². The Morgan fingerprint density at radius 2 is 2.26 bits per heavy atom. The van der Waals surface area contributed by atoms with Gasteiger partial charge in [0.25, 0.3) is 0 Å². The monoisotopic (exact) mass is 402 g/mol. The maximum atomic E-state index is 11.4. The van der Waals surface area contributed by atoms with Crippen molar-refractivity contribution in [2.45, 2.75) is 13.8 Å². The van der Waals surface area contributed by atoms with Crippen molar-refractivity contribution in [1.82, 2.24) is 4.98 Å². The Morgan fingerprint density at radius 3 is 2.96 bits per heavy atom. The van der Waals surface area contributed by atoms with Crippen LogP contribution < -0.4 is 15.5 Å². The molecule has 0 saturated carbocycles. The first-order chi connectivity index (χ1) is 13.1. The SMILES string of the molecule is CCOc1cc(/C=N/Nc2nc(-c3cccs3)c(NC(C)=O)s2)ccc1O. The normalized spacial score (nSPS) is 10.9. The number of amides is 1. The molecule has 3 rings (SSSR count). The van der Waals surface area contributed by atoms with Crippen LogP contribution in [0.1, 0.15) is 19.4 Å². The number of carbonyl (C=O) groups excluding carboxylic acids is 1. The summed E-state index contributed by atoms with van der Waals surface area (Å²) in [5, 5.41) is 19.9. The second-order valence-electron chi connectivity index (χ2n) is 5.39. The average molecular weight is 403 g/mol. The van der Waals surface area contributed by atoms with Gasteiger partial charge in [0.1, 0.15) is 10.7 Å². The van der Waals surface area contributed by atoms with Gasteiger partial charge in [-0.3, -0.25) is 10.2 Å². The van der Waals surface area contributed by atoms with Gasteiger partial charge in [-0.2, -0.15) is 5.10 Å². The first kappa shape index (κ1) is 18.9. The molecule has 3 aromatic rings. The maximum absolute atomic E-state index is 11.4. The van der Waals surface area contributed by atoms with Gasteiger partial charge in [0, 0.05) is 6.92 Å². The number of hydrazone groups is 1. The highest BCUT2D eigenvalue weighted by atomic mass is 32.1. The lowest BCUT2D eigenvalue weighted by Crippen LogP contribution is -2.04. The average Bonchev–Trinajstić information content (AvgIpc) is 3.27. The fourth-order valence-corrected chi connectivity index (χ4v) is 3.90. The Labute approximate surface area is 164 Å². The number of ether oxygens (including phenoxy) is 1. The number of hydrogen-bond acceptors (Lipinski definition) is 8. The van der Waals surface area contributed by atoms with Crippen LogP contribution in [-0.2, 0) is 4.79 Å². The summed E-state index contributed by atoms with van der Waals surface area (Å²) < 4.78 is 5.36. The molecule has 1 amide bonds. The molecule has 0 radical (unpaired) electrons. The molecule has 0 atom stereocenters. The molecule has 0 fully saturated rings. The molecule has 2 aromatic heterocycles. The number of carbonyl (C=O) groups is 1. The number of rotatable bonds is 7. The number of anilines is 2. The summed E-state index contributed by atoms with van der Waals surface area (Å²) >= 11 is 2.86. The zero-order valence-corrected chi connectivity index (χ0v) is 16.4. The fraction of sp³-hybridized carbons (Fsp3) is 0.167. The highest BCUT2D eigenvalue weighted by Crippen LogP contribution is 2.38. The smallest absolute Gasteiger partial charge is 0.221 e. The number of phenols is 1. The zero-order valence-electron chi connectivity index (χ0n) is 14.7. The number of aromatic hydroxyl groups is 1. The van der Waals surface area contributed by atoms with E-state index in [1.807, 2.05) is 24.4 Å². The van der Waals surface area contributed by atoms with Gasteiger partial charge in [0.05, 0.1) is 17.7 Å². The molecule has 0 aliphatic rings. The molecule has 0 bridgehead atoms. The summed E-state index contributed by atoms with van der Waals surface area (Å²) in [5.74, 6) is 0.338. The van der Waals surface area contributed by atoms with Gasteiger partial charge in [0.2, 0.25) is 11.0 Å². The van der Waals surface area contributed by atoms with Crippen molar-refractivity contribution < 1.29 is 14.6 Å². The van der Waals surface area contributed by atoms with E-state index in [2.05, 4.69) is 20.8 Å². The summed E-state index contributed by atoms with van der Waals surface area (Å²) in [6.07, 6.45) is 1.60. The number of phenolic OH excluding ortho intramolecular Hbond substituents is 1. The molecular formula is C18H18N4O3S2. The van der Waals surface area contributed by atoms with Crippen LogP contribution in [0, 0.1) is 0 Å². The van der Waals surface area contributed by atoms with Crippen LogP contribution in [0.15, 0.2) is 40.8 Å². The third-order valence-corrected chi connectivity index (χ3v) is 5.08. The first-order valence-corrected chi connectivity index (χ1v) is 9.83. The van der Waals surface area contributed by atoms with Crippen LogP contribution in [0.5, 0.6) is 11.5 Å². The van der Waals surface area contributed by atoms with Crippen molar-refractivity contribution in [2.75, 3.05) is 17.3 Å². The van der Waals surface area contributed by atoms with Crippen molar-refractivity contribution in [3.05, 3.63) is 41.3 Å². The van der Waals surface area contributed by atoms with Crippen molar-refractivity contribution in [3.8, 4) is 22.1 Å². The molecule has 0 aliphatic carbocycles. The van der Waals surface area contributed by atoms with E-state index < -0.39 is 0 Å². The quantitative estimate of drug-likeness (QED) is 0.403. The molecule has 3 N–H and O–H groups in total. The highest BCUT2D eigenvalue weighted by Gasteiger charge is 2.15. The maximum Gasteiger partial charge on any atom is 0.221 e. The Balaban J connectivity index is 1.77. The van der Waals surface area contributed by atoms with Gasteiger partial charge in [0.15, 0.2) is 11.5 Å². The van der Waals surface area contributed by atoms with Crippen LogP contribution >= 0.6 is 22.7 Å². The molecule has 0 unspecified atom stereocenters. The largest absolute Gasteiger partial charge is 0.504 e. The number of thiophene rings is 1. The molecule has 140 valence electrons. The molecule has 7 nitrogen and oxygen atoms in total. The van der Waals surface area contributed by atoms with E-state index in [0.717, 1.165) is 10.4 Å². The topological polar surface area (TPSA) is 95.8 Å². The first-order valence-electron chi connectivity index (χ1n) is 8.14. The summed E-state index contributed by atoms with van der Waals surface area (Å²) in [7, 11) is 0. The van der Waals surface area contributed by atoms with Gasteiger partial charge in [-0.05, 0) is 42.1 Å². The Hall–Kier alpha value is -2.91. The fourth-order valence-electron chi connectivity index (χ4n) is 2.24. The van der Waals surface area contributed by atoms with E-state index in [-0.39, 0.29) is 11.7 Å². The molecule has 0 saturated heterocycles. The van der Waals surface area contributed by atoms with E-state index in [1.165, 1.54) is 18.3 Å². The van der Waals surface area contributed by atoms with Crippen LogP contribution in [0.25, 0.3) is 10.6 Å². The minimum Gasteiger partial charge on any atom is -0.504 e. The zero-order chi connectivity index (χ0) is 19.2. The molecule has 1 aromatic carbocycles. The Bertz CT molecular complexity index is 952. The minimum absolute atomic E-state index is 0.0856. The molecular weight excluding hydrogens is 384 g/mol. The van der Waals surface area contributed by atoms with Crippen molar-refractivity contribution in [3.63, 3.8) is 0 Å². The van der Waals surface area contributed by atoms with E-state index in [1.54, 1.807) is 35.8 Å². The number of nitrogens with one attached hydrogen (secondary N) is 2. The third-order valence-electron chi connectivity index (χ3n) is 3.33. The summed E-state index contributed by atoms with van der Waals surface area (Å²) in [5.41, 5.74) is 4.36. The minimum atomic E-state index is -0.154. The Kier molecular flexibility index (Phi) is 6.05. The highest BCUT2D eigenvalue weighted by molar-refractivity contribution is 7.21. The Morgan fingerprint density at radius 1 is 1.41 bits per heavy atom. The van der Waals surface area contributed by atoms with Gasteiger partial charge in [-0.15, -0.1) is 11.3 Å².